The van der Waals surface area contributed by atoms with Crippen LogP contribution in [-0.2, 0) is 4.74 Å². The largest absolute Gasteiger partial charge is 0.522 e. The van der Waals surface area contributed by atoms with E-state index < -0.39 is 13.0 Å². The summed E-state index contributed by atoms with van der Waals surface area (Å²) in [7, 11) is 0. The molecule has 0 atom stereocenters. The van der Waals surface area contributed by atoms with Crippen molar-refractivity contribution in [2.75, 3.05) is 18.9 Å². The lowest BCUT2D eigenvalue weighted by atomic mass is 10.2. The molecule has 0 saturated heterocycles. The van der Waals surface area contributed by atoms with Crippen LogP contribution in [0.5, 0.6) is 5.75 Å². The number of nitriles is 1. The first kappa shape index (κ1) is 14.8. The van der Waals surface area contributed by atoms with Gasteiger partial charge in [-0.15, -0.1) is 13.2 Å². The maximum absolute atomic E-state index is 11.7. The molecule has 2 N–H and O–H groups in total. The molecule has 1 aromatic carbocycles. The first-order valence-electron chi connectivity index (χ1n) is 4.66. The van der Waals surface area contributed by atoms with Gasteiger partial charge in [-0.1, -0.05) is 0 Å². The highest BCUT2D eigenvalue weighted by Crippen LogP contribution is 2.29. The third-order valence-corrected chi connectivity index (χ3v) is 2.60. The van der Waals surface area contributed by atoms with E-state index in [2.05, 4.69) is 4.74 Å². The molecule has 98 valence electrons. The third-order valence-electron chi connectivity index (χ3n) is 1.80. The van der Waals surface area contributed by atoms with Crippen molar-refractivity contribution in [3.05, 3.63) is 21.3 Å². The van der Waals surface area contributed by atoms with Crippen LogP contribution in [0.15, 0.2) is 12.1 Å². The highest BCUT2D eigenvalue weighted by atomic mass is 127. The van der Waals surface area contributed by atoms with Crippen LogP contribution >= 0.6 is 22.6 Å². The van der Waals surface area contributed by atoms with Crippen LogP contribution in [0.1, 0.15) is 5.56 Å². The molecule has 4 nitrogen and oxygen atoms in total. The SMILES string of the molecule is N#Cc1cc(N)c(OCCOC(F)(F)F)c(I)c1. The zero-order chi connectivity index (χ0) is 13.8. The topological polar surface area (TPSA) is 68.3 Å². The van der Waals surface area contributed by atoms with Crippen molar-refractivity contribution in [2.45, 2.75) is 6.36 Å². The number of hydrogen-bond acceptors (Lipinski definition) is 4. The Morgan fingerprint density at radius 2 is 2.00 bits per heavy atom. The van der Waals surface area contributed by atoms with Gasteiger partial charge in [0.05, 0.1) is 27.5 Å². The number of nitrogens with two attached hydrogens (primary N) is 1. The summed E-state index contributed by atoms with van der Waals surface area (Å²) in [6, 6.07) is 4.82. The molecule has 18 heavy (non-hydrogen) atoms. The zero-order valence-electron chi connectivity index (χ0n) is 8.92. The van der Waals surface area contributed by atoms with E-state index >= 15 is 0 Å². The minimum Gasteiger partial charge on any atom is -0.488 e. The first-order chi connectivity index (χ1) is 8.33. The Morgan fingerprint density at radius 1 is 1.33 bits per heavy atom. The summed E-state index contributed by atoms with van der Waals surface area (Å²) in [6.07, 6.45) is -4.67. The number of benzene rings is 1. The fraction of sp³-hybridized carbons (Fsp3) is 0.300. The van der Waals surface area contributed by atoms with Gasteiger partial charge < -0.3 is 10.5 Å². The average Bonchev–Trinajstić information content (AvgIpc) is 2.25. The van der Waals surface area contributed by atoms with Crippen molar-refractivity contribution in [1.82, 2.24) is 0 Å². The lowest BCUT2D eigenvalue weighted by Gasteiger charge is -2.12. The zero-order valence-corrected chi connectivity index (χ0v) is 11.1. The molecule has 0 aromatic heterocycles. The smallest absolute Gasteiger partial charge is 0.488 e. The van der Waals surface area contributed by atoms with Gasteiger partial charge in [-0.05, 0) is 34.7 Å². The number of ether oxygens (including phenoxy) is 2. The first-order valence-corrected chi connectivity index (χ1v) is 5.74. The van der Waals surface area contributed by atoms with Gasteiger partial charge in [0.2, 0.25) is 0 Å². The predicted octanol–water partition coefficient (Wildman–Crippen LogP) is 2.66. The number of nitrogen functional groups attached to an aromatic ring is 1. The normalized spacial score (nSPS) is 11.1. The Hall–Kier alpha value is -1.21. The van der Waals surface area contributed by atoms with Crippen molar-refractivity contribution < 1.29 is 22.6 Å². The van der Waals surface area contributed by atoms with Crippen molar-refractivity contribution in [3.63, 3.8) is 0 Å². The van der Waals surface area contributed by atoms with Crippen molar-refractivity contribution in [3.8, 4) is 11.8 Å². The highest BCUT2D eigenvalue weighted by Gasteiger charge is 2.28. The van der Waals surface area contributed by atoms with E-state index in [1.807, 2.05) is 28.7 Å². The molecule has 0 amide bonds. The van der Waals surface area contributed by atoms with E-state index in [0.29, 0.717) is 9.13 Å². The highest BCUT2D eigenvalue weighted by molar-refractivity contribution is 14.1. The van der Waals surface area contributed by atoms with Gasteiger partial charge in [-0.3, -0.25) is 4.74 Å². The summed E-state index contributed by atoms with van der Waals surface area (Å²) in [5.41, 5.74) is 6.18. The summed E-state index contributed by atoms with van der Waals surface area (Å²) in [5, 5.41) is 8.69. The third kappa shape index (κ3) is 4.58. The van der Waals surface area contributed by atoms with E-state index in [1.54, 1.807) is 0 Å². The van der Waals surface area contributed by atoms with E-state index in [-0.39, 0.29) is 18.0 Å². The lowest BCUT2D eigenvalue weighted by Crippen LogP contribution is -2.18. The summed E-state index contributed by atoms with van der Waals surface area (Å²) in [6.45, 7) is -0.912. The molecule has 0 aliphatic heterocycles. The molecule has 0 radical (unpaired) electrons. The van der Waals surface area contributed by atoms with Crippen LogP contribution in [-0.4, -0.2) is 19.6 Å². The molecular formula is C10H8F3IN2O2. The molecule has 0 aliphatic carbocycles. The monoisotopic (exact) mass is 372 g/mol. The van der Waals surface area contributed by atoms with Crippen LogP contribution in [0.4, 0.5) is 18.9 Å². The number of anilines is 1. The molecule has 0 bridgehead atoms. The predicted molar refractivity (Wildman–Crippen MR) is 65.8 cm³/mol. The van der Waals surface area contributed by atoms with Crippen LogP contribution in [0.3, 0.4) is 0 Å². The Kier molecular flexibility index (Phi) is 5.03. The van der Waals surface area contributed by atoms with Crippen molar-refractivity contribution in [2.24, 2.45) is 0 Å². The molecule has 0 saturated carbocycles. The van der Waals surface area contributed by atoms with Crippen LogP contribution in [0, 0.1) is 14.9 Å². The van der Waals surface area contributed by atoms with Crippen molar-refractivity contribution in [1.29, 1.82) is 5.26 Å². The van der Waals surface area contributed by atoms with Gasteiger partial charge in [0, 0.05) is 0 Å². The number of alkyl halides is 3. The second-order valence-corrected chi connectivity index (χ2v) is 4.29. The second kappa shape index (κ2) is 6.10. The van der Waals surface area contributed by atoms with Crippen molar-refractivity contribution >= 4 is 28.3 Å². The van der Waals surface area contributed by atoms with Gasteiger partial charge in [0.25, 0.3) is 0 Å². The molecule has 1 rings (SSSR count). The summed E-state index contributed by atoms with van der Waals surface area (Å²) < 4.78 is 44.3. The van der Waals surface area contributed by atoms with E-state index in [9.17, 15) is 13.2 Å². The summed E-state index contributed by atoms with van der Waals surface area (Å²) >= 11 is 1.88. The Labute approximate surface area is 115 Å². The molecule has 1 aromatic rings. The van der Waals surface area contributed by atoms with Gasteiger partial charge in [-0.25, -0.2) is 0 Å². The molecular weight excluding hydrogens is 364 g/mol. The molecule has 0 spiro atoms. The number of halogens is 4. The lowest BCUT2D eigenvalue weighted by molar-refractivity contribution is -0.325. The maximum Gasteiger partial charge on any atom is 0.522 e. The quantitative estimate of drug-likeness (QED) is 0.501. The van der Waals surface area contributed by atoms with Gasteiger partial charge in [0.15, 0.2) is 5.75 Å². The van der Waals surface area contributed by atoms with Crippen LogP contribution in [0.2, 0.25) is 0 Å². The van der Waals surface area contributed by atoms with Gasteiger partial charge in [-0.2, -0.15) is 5.26 Å². The Morgan fingerprint density at radius 3 is 2.50 bits per heavy atom. The standard InChI is InChI=1S/C10H8F3IN2O2/c11-10(12,13)18-2-1-17-9-7(14)3-6(5-15)4-8(9)16/h3-4H,1-2,16H2. The van der Waals surface area contributed by atoms with E-state index in [4.69, 9.17) is 15.7 Å². The van der Waals surface area contributed by atoms with Crippen LogP contribution < -0.4 is 10.5 Å². The Bertz CT molecular complexity index is 448. The fourth-order valence-corrected chi connectivity index (χ4v) is 1.94. The van der Waals surface area contributed by atoms with Gasteiger partial charge >= 0.3 is 6.36 Å². The fourth-order valence-electron chi connectivity index (χ4n) is 1.13. The summed E-state index contributed by atoms with van der Waals surface area (Å²) in [4.78, 5) is 0. The Balaban J connectivity index is 2.61. The van der Waals surface area contributed by atoms with E-state index in [1.165, 1.54) is 12.1 Å². The number of hydrogen-bond donors (Lipinski definition) is 1. The van der Waals surface area contributed by atoms with E-state index in [0.717, 1.165) is 0 Å². The summed E-state index contributed by atoms with van der Waals surface area (Å²) in [5.74, 6) is 0.250. The molecule has 0 fully saturated rings. The molecule has 0 heterocycles. The average molecular weight is 372 g/mol. The molecule has 0 unspecified atom stereocenters. The van der Waals surface area contributed by atoms with Crippen LogP contribution in [0.25, 0.3) is 0 Å². The minimum absolute atomic E-state index is 0.199. The second-order valence-electron chi connectivity index (χ2n) is 3.13. The number of nitrogens with zero attached hydrogens (tertiary/aromatic N) is 1. The number of rotatable bonds is 4. The molecule has 0 aliphatic rings. The maximum atomic E-state index is 11.7. The molecule has 8 heteroatoms. The van der Waals surface area contributed by atoms with Gasteiger partial charge in [0.1, 0.15) is 6.61 Å². The minimum atomic E-state index is -4.67.